The van der Waals surface area contributed by atoms with Gasteiger partial charge in [0.25, 0.3) is 0 Å². The number of hydrogen-bond acceptors (Lipinski definition) is 6. The number of hydrogen-bond donors (Lipinski definition) is 0. The molecule has 15 aromatic carbocycles. The number of para-hydroxylation sites is 8. The van der Waals surface area contributed by atoms with Gasteiger partial charge in [0.15, 0.2) is 0 Å². The van der Waals surface area contributed by atoms with Crippen molar-refractivity contribution in [3.63, 3.8) is 0 Å². The molecule has 0 bridgehead atoms. The summed E-state index contributed by atoms with van der Waals surface area (Å²) in [6.07, 6.45) is 0. The maximum absolute atomic E-state index is 8.04. The summed E-state index contributed by atoms with van der Waals surface area (Å²) in [7, 11) is 0. The van der Waals surface area contributed by atoms with Crippen LogP contribution in [0.3, 0.4) is 0 Å². The minimum Gasteiger partial charge on any atom is -0.0616 e. The first-order chi connectivity index (χ1) is 49.2. The van der Waals surface area contributed by atoms with Crippen molar-refractivity contribution in [3.8, 4) is 33.8 Å². The van der Waals surface area contributed by atoms with Crippen molar-refractivity contribution in [2.75, 3.05) is 24.5 Å². The van der Waals surface area contributed by atoms with E-state index in [0.717, 1.165) is 130 Å². The molecule has 0 saturated carbocycles. The van der Waals surface area contributed by atoms with Crippen LogP contribution >= 0.6 is 0 Å². The molecule has 0 saturated heterocycles. The normalized spacial score (nSPS) is 12.8. The minimum absolute atomic E-state index is 0.0992. The largest absolute Gasteiger partial charge is 0.0616 e. The Morgan fingerprint density at radius 1 is 0.273 bits per heavy atom. The third-order valence-corrected chi connectivity index (χ3v) is 22.8. The van der Waals surface area contributed by atoms with Crippen LogP contribution in [0.25, 0.3) is 41.5 Å². The van der Waals surface area contributed by atoms with E-state index >= 15 is 0 Å². The van der Waals surface area contributed by atoms with Crippen LogP contribution in [0.15, 0.2) is 358 Å². The standard InChI is InChI=1S/C90H59B2N5OSe/c1-7-30-60(31-8-1)68-42-19-24-47-75(68)94(64-38-15-5-16-39-64)67-56-83-90-85(57-67)98-84-59-80-73(58-74(84)92(90)72-46-23-27-50-78(72)96(83)76-48-25-20-43-69(76)61-32-9-2-10-33-61)91-71-45-22-26-49-77(71)95(65-40-17-6-18-41-65)81-54-66(93(62-34-11-3-12-35-62)63-36-13-4-14-37-63)55-82(89(81)91)97(80)79-51-29-53-87-88(79)70-44-21-28-52-86(70)99-87/h1-59H. The third kappa shape index (κ3) is 9.12. The second-order valence-corrected chi connectivity index (χ2v) is 28.1. The number of anilines is 15. The van der Waals surface area contributed by atoms with Crippen LogP contribution < -0.4 is 62.0 Å². The molecule has 0 spiro atoms. The zero-order valence-electron chi connectivity index (χ0n) is 53.8. The molecule has 4 aliphatic heterocycles. The van der Waals surface area contributed by atoms with Crippen LogP contribution in [-0.2, 0) is 0 Å². The summed E-state index contributed by atoms with van der Waals surface area (Å²) in [5.74, 6) is 1.63. The summed E-state index contributed by atoms with van der Waals surface area (Å²) >= 11 is 0.0992. The molecule has 0 atom stereocenters. The van der Waals surface area contributed by atoms with Crippen LogP contribution in [0.5, 0.6) is 11.5 Å². The zero-order chi connectivity index (χ0) is 65.1. The van der Waals surface area contributed by atoms with E-state index < -0.39 is 0 Å². The third-order valence-electron chi connectivity index (χ3n) is 20.4. The molecule has 0 radical (unpaired) electrons. The molecule has 5 heterocycles. The van der Waals surface area contributed by atoms with Crippen molar-refractivity contribution >= 4 is 165 Å². The van der Waals surface area contributed by atoms with E-state index in [4.69, 9.17) is 4.74 Å². The van der Waals surface area contributed by atoms with Crippen LogP contribution in [0.4, 0.5) is 85.3 Å². The van der Waals surface area contributed by atoms with E-state index in [1.165, 1.54) is 41.1 Å². The van der Waals surface area contributed by atoms with Gasteiger partial charge in [-0.2, -0.15) is 0 Å². The Morgan fingerprint density at radius 2 is 0.737 bits per heavy atom. The molecule has 462 valence electrons. The van der Waals surface area contributed by atoms with Gasteiger partial charge in [-0.3, -0.25) is 0 Å². The maximum Gasteiger partial charge on any atom is -0.0543 e. The minimum atomic E-state index is -0.242. The quantitative estimate of drug-likeness (QED) is 0.120. The molecule has 0 N–H and O–H groups in total. The molecular formula is C90H59B2N5OSe. The van der Waals surface area contributed by atoms with Gasteiger partial charge in [0.1, 0.15) is 0 Å². The topological polar surface area (TPSA) is 25.4 Å². The molecule has 0 aliphatic carbocycles. The molecular weight excluding hydrogens is 1270 g/mol. The Balaban J connectivity index is 0.892. The fraction of sp³-hybridized carbons (Fsp3) is 0. The van der Waals surface area contributed by atoms with Crippen LogP contribution in [0.1, 0.15) is 0 Å². The molecule has 4 aliphatic rings. The van der Waals surface area contributed by atoms with Crippen molar-refractivity contribution in [1.29, 1.82) is 0 Å². The van der Waals surface area contributed by atoms with E-state index in [1.807, 2.05) is 0 Å². The molecule has 99 heavy (non-hydrogen) atoms. The molecule has 0 unspecified atom stereocenters. The van der Waals surface area contributed by atoms with Crippen molar-refractivity contribution in [2.24, 2.45) is 0 Å². The monoisotopic (exact) mass is 1330 g/mol. The fourth-order valence-electron chi connectivity index (χ4n) is 16.4. The average molecular weight is 1330 g/mol. The van der Waals surface area contributed by atoms with Crippen LogP contribution in [0, 0.1) is 0 Å². The number of rotatable bonds is 11. The van der Waals surface area contributed by atoms with Gasteiger partial charge in [0.05, 0.1) is 11.4 Å². The predicted octanol–water partition coefficient (Wildman–Crippen LogP) is 19.8. The van der Waals surface area contributed by atoms with E-state index in [9.17, 15) is 0 Å². The first kappa shape index (κ1) is 57.0. The maximum atomic E-state index is 8.04. The van der Waals surface area contributed by atoms with E-state index in [0.29, 0.717) is 0 Å². The summed E-state index contributed by atoms with van der Waals surface area (Å²) in [6, 6.07) is 132. The van der Waals surface area contributed by atoms with E-state index in [-0.39, 0.29) is 27.9 Å². The van der Waals surface area contributed by atoms with Gasteiger partial charge in [-0.25, -0.2) is 0 Å². The van der Waals surface area contributed by atoms with Crippen molar-refractivity contribution < 1.29 is 4.74 Å². The second kappa shape index (κ2) is 23.3. The second-order valence-electron chi connectivity index (χ2n) is 25.8. The summed E-state index contributed by atoms with van der Waals surface area (Å²) in [5.41, 5.74) is 27.9. The predicted molar refractivity (Wildman–Crippen MR) is 419 cm³/mol. The number of nitrogens with zero attached hydrogens (tertiary/aromatic N) is 5. The average Bonchev–Trinajstić information content (AvgIpc) is 0.980. The van der Waals surface area contributed by atoms with Gasteiger partial charge in [0.2, 0.25) is 0 Å². The van der Waals surface area contributed by atoms with Crippen LogP contribution in [-0.4, -0.2) is 27.9 Å². The van der Waals surface area contributed by atoms with Gasteiger partial charge < -0.3 is 0 Å². The summed E-state index contributed by atoms with van der Waals surface area (Å²) in [5, 5.41) is 2.57. The Bertz CT molecular complexity index is 5800. The Hall–Kier alpha value is -12.3. The molecule has 6 nitrogen and oxygen atoms in total. The van der Waals surface area contributed by atoms with E-state index in [1.54, 1.807) is 0 Å². The fourth-order valence-corrected chi connectivity index (χ4v) is 18.7. The SMILES string of the molecule is c1ccc(-c2ccccc2N(c2ccccc2)c2cc3c4c(c2)N(c2ccccc2-c2ccccc2)c2ccccc2B4c2cc4c(cc2O3)N(c2cccc3[se]c5ccccc5c23)c2cc(N(c3ccccc3)c3ccccc3)cc3c2B4c2ccccc2N3c2ccccc2)cc1. The number of benzene rings is 15. The summed E-state index contributed by atoms with van der Waals surface area (Å²) in [6.45, 7) is -0.444. The van der Waals surface area contributed by atoms with Crippen molar-refractivity contribution in [2.45, 2.75) is 0 Å². The molecule has 9 heteroatoms. The summed E-state index contributed by atoms with van der Waals surface area (Å²) in [4.78, 5) is 12.5. The first-order valence-corrected chi connectivity index (χ1v) is 35.7. The van der Waals surface area contributed by atoms with Crippen molar-refractivity contribution in [1.82, 2.24) is 0 Å². The molecule has 20 rings (SSSR count). The van der Waals surface area contributed by atoms with Crippen molar-refractivity contribution in [3.05, 3.63) is 358 Å². The molecule has 0 fully saturated rings. The smallest absolute Gasteiger partial charge is 0.0543 e. The van der Waals surface area contributed by atoms with E-state index in [2.05, 4.69) is 382 Å². The van der Waals surface area contributed by atoms with Gasteiger partial charge in [-0.15, -0.1) is 0 Å². The molecule has 0 amide bonds. The molecule has 1 aromatic heterocycles. The Kier molecular flexibility index (Phi) is 13.4. The van der Waals surface area contributed by atoms with Gasteiger partial charge in [0, 0.05) is 16.8 Å². The van der Waals surface area contributed by atoms with Gasteiger partial charge >= 0.3 is 401 Å². The number of fused-ring (bicyclic) bond motifs is 11. The molecule has 16 aromatic rings. The van der Waals surface area contributed by atoms with Crippen LogP contribution in [0.2, 0.25) is 0 Å². The van der Waals surface area contributed by atoms with Gasteiger partial charge in [-0.1, -0.05) is 121 Å². The zero-order valence-corrected chi connectivity index (χ0v) is 55.5. The first-order valence-electron chi connectivity index (χ1n) is 34.0. The number of ether oxygens (including phenoxy) is 1. The Morgan fingerprint density at radius 3 is 1.40 bits per heavy atom. The Labute approximate surface area is 582 Å². The van der Waals surface area contributed by atoms with Gasteiger partial charge in [-0.05, 0) is 35.4 Å². The summed E-state index contributed by atoms with van der Waals surface area (Å²) < 4.78 is 10.8.